The van der Waals surface area contributed by atoms with Crippen LogP contribution in [0.4, 0.5) is 5.69 Å². The molecule has 0 radical (unpaired) electrons. The number of nitro benzene ring substituents is 1. The molecular weight excluding hydrogens is 210 g/mol. The van der Waals surface area contributed by atoms with Crippen molar-refractivity contribution in [3.8, 4) is 11.5 Å². The lowest BCUT2D eigenvalue weighted by molar-refractivity contribution is -0.385. The summed E-state index contributed by atoms with van der Waals surface area (Å²) in [5, 5.41) is 20.0. The molecule has 0 aliphatic carbocycles. The fraction of sp³-hybridized carbons (Fsp3) is 0.250. The van der Waals surface area contributed by atoms with Gasteiger partial charge in [0.1, 0.15) is 5.75 Å². The molecule has 1 aromatic rings. The van der Waals surface area contributed by atoms with Gasteiger partial charge in [0.15, 0.2) is 0 Å². The zero-order valence-electron chi connectivity index (χ0n) is 7.57. The summed E-state index contributed by atoms with van der Waals surface area (Å²) in [5.74, 6) is -0.175. The van der Waals surface area contributed by atoms with Gasteiger partial charge in [-0.25, -0.2) is 0 Å². The quantitative estimate of drug-likeness (QED) is 0.609. The minimum Gasteiger partial charge on any atom is -0.502 e. The molecule has 0 unspecified atom stereocenters. The van der Waals surface area contributed by atoms with Crippen LogP contribution in [0.25, 0.3) is 0 Å². The van der Waals surface area contributed by atoms with Crippen molar-refractivity contribution in [2.45, 2.75) is 6.92 Å². The van der Waals surface area contributed by atoms with E-state index in [0.717, 1.165) is 6.07 Å². The molecule has 1 aromatic carbocycles. The van der Waals surface area contributed by atoms with Crippen LogP contribution in [0, 0.1) is 17.0 Å². The highest BCUT2D eigenvalue weighted by Gasteiger charge is 2.21. The molecule has 0 atom stereocenters. The molecule has 0 aliphatic rings. The Morgan fingerprint density at radius 1 is 1.64 bits per heavy atom. The predicted octanol–water partition coefficient (Wildman–Crippen LogP) is 2.27. The number of methoxy groups -OCH3 is 1. The topological polar surface area (TPSA) is 72.6 Å². The second kappa shape index (κ2) is 3.71. The Kier molecular flexibility index (Phi) is 2.81. The Morgan fingerprint density at radius 2 is 2.21 bits per heavy atom. The fourth-order valence-corrected chi connectivity index (χ4v) is 1.44. The molecule has 0 spiro atoms. The number of nitrogens with zero attached hydrogens (tertiary/aromatic N) is 1. The second-order valence-corrected chi connectivity index (χ2v) is 3.05. The van der Waals surface area contributed by atoms with Gasteiger partial charge >= 0.3 is 5.69 Å². The van der Waals surface area contributed by atoms with Crippen LogP contribution >= 0.6 is 11.6 Å². The Labute approximate surface area is 85.0 Å². The number of phenolic OH excluding ortho intramolecular Hbond substituents is 1. The average Bonchev–Trinajstić information content (AvgIpc) is 2.12. The Hall–Kier alpha value is -1.49. The zero-order valence-corrected chi connectivity index (χ0v) is 8.33. The van der Waals surface area contributed by atoms with Gasteiger partial charge in [-0.1, -0.05) is 11.6 Å². The van der Waals surface area contributed by atoms with E-state index in [2.05, 4.69) is 0 Å². The maximum atomic E-state index is 10.5. The third-order valence-corrected chi connectivity index (χ3v) is 2.10. The van der Waals surface area contributed by atoms with E-state index in [1.807, 2.05) is 0 Å². The van der Waals surface area contributed by atoms with Crippen LogP contribution in [0.3, 0.4) is 0 Å². The monoisotopic (exact) mass is 217 g/mol. The number of hydrogen-bond acceptors (Lipinski definition) is 4. The van der Waals surface area contributed by atoms with Crippen LogP contribution in [-0.4, -0.2) is 17.1 Å². The van der Waals surface area contributed by atoms with E-state index < -0.39 is 16.4 Å². The highest BCUT2D eigenvalue weighted by Crippen LogP contribution is 2.40. The molecule has 0 bridgehead atoms. The normalized spacial score (nSPS) is 9.93. The van der Waals surface area contributed by atoms with Crippen LogP contribution in [0.2, 0.25) is 5.02 Å². The van der Waals surface area contributed by atoms with Gasteiger partial charge in [0.2, 0.25) is 5.75 Å². The Bertz CT molecular complexity index is 391. The first kappa shape index (κ1) is 10.6. The van der Waals surface area contributed by atoms with E-state index in [0.29, 0.717) is 0 Å². The zero-order chi connectivity index (χ0) is 10.9. The fourth-order valence-electron chi connectivity index (χ4n) is 1.12. The van der Waals surface area contributed by atoms with E-state index >= 15 is 0 Å². The van der Waals surface area contributed by atoms with Crippen molar-refractivity contribution >= 4 is 17.3 Å². The summed E-state index contributed by atoms with van der Waals surface area (Å²) in [6.07, 6.45) is 0. The molecule has 5 nitrogen and oxygen atoms in total. The molecule has 0 saturated carbocycles. The van der Waals surface area contributed by atoms with Gasteiger partial charge in [0.05, 0.1) is 17.1 Å². The van der Waals surface area contributed by atoms with Crippen molar-refractivity contribution in [2.24, 2.45) is 0 Å². The number of hydrogen-bond donors (Lipinski definition) is 1. The number of halogens is 1. The van der Waals surface area contributed by atoms with Crippen LogP contribution in [-0.2, 0) is 0 Å². The van der Waals surface area contributed by atoms with E-state index in [-0.39, 0.29) is 16.3 Å². The van der Waals surface area contributed by atoms with Crippen molar-refractivity contribution in [1.82, 2.24) is 0 Å². The molecule has 6 heteroatoms. The van der Waals surface area contributed by atoms with E-state index in [4.69, 9.17) is 16.3 Å². The largest absolute Gasteiger partial charge is 0.502 e. The van der Waals surface area contributed by atoms with Crippen LogP contribution in [0.15, 0.2) is 6.07 Å². The SMILES string of the molecule is COc1c(Cl)cc([N+](=O)[O-])c(O)c1C. The van der Waals surface area contributed by atoms with Crippen molar-refractivity contribution in [2.75, 3.05) is 7.11 Å². The standard InChI is InChI=1S/C8H8ClNO4/c1-4-7(11)6(10(12)13)3-5(9)8(4)14-2/h3,11H,1-2H3. The van der Waals surface area contributed by atoms with Crippen LogP contribution in [0.1, 0.15) is 5.56 Å². The van der Waals surface area contributed by atoms with Crippen LogP contribution < -0.4 is 4.74 Å². The Balaban J connectivity index is 3.47. The molecule has 1 N–H and O–H groups in total. The molecule has 0 fully saturated rings. The number of phenols is 1. The summed E-state index contributed by atoms with van der Waals surface area (Å²) in [7, 11) is 1.37. The van der Waals surface area contributed by atoms with Gasteiger partial charge in [-0.3, -0.25) is 10.1 Å². The molecule has 76 valence electrons. The Morgan fingerprint density at radius 3 is 2.64 bits per heavy atom. The van der Waals surface area contributed by atoms with Gasteiger partial charge in [0.25, 0.3) is 0 Å². The summed E-state index contributed by atoms with van der Waals surface area (Å²) in [5.41, 5.74) is -0.167. The third-order valence-electron chi connectivity index (χ3n) is 1.82. The minimum absolute atomic E-state index is 0.106. The predicted molar refractivity (Wildman–Crippen MR) is 51.1 cm³/mol. The van der Waals surface area contributed by atoms with Gasteiger partial charge in [-0.05, 0) is 6.92 Å². The number of aromatic hydroxyl groups is 1. The summed E-state index contributed by atoms with van der Waals surface area (Å²) in [6, 6.07) is 1.06. The highest BCUT2D eigenvalue weighted by atomic mass is 35.5. The lowest BCUT2D eigenvalue weighted by Crippen LogP contribution is -1.94. The minimum atomic E-state index is -0.701. The van der Waals surface area contributed by atoms with E-state index in [1.165, 1.54) is 14.0 Å². The average molecular weight is 218 g/mol. The number of nitro groups is 1. The highest BCUT2D eigenvalue weighted by molar-refractivity contribution is 6.32. The van der Waals surface area contributed by atoms with E-state index in [1.54, 1.807) is 0 Å². The first-order chi connectivity index (χ1) is 6.49. The smallest absolute Gasteiger partial charge is 0.312 e. The van der Waals surface area contributed by atoms with Crippen molar-refractivity contribution < 1.29 is 14.8 Å². The molecule has 0 saturated heterocycles. The first-order valence-corrected chi connectivity index (χ1v) is 4.07. The maximum absolute atomic E-state index is 10.5. The summed E-state index contributed by atoms with van der Waals surface area (Å²) < 4.78 is 4.88. The lowest BCUT2D eigenvalue weighted by atomic mass is 10.1. The van der Waals surface area contributed by atoms with Gasteiger partial charge < -0.3 is 9.84 Å². The number of benzene rings is 1. The summed E-state index contributed by atoms with van der Waals surface area (Å²) in [4.78, 5) is 9.77. The van der Waals surface area contributed by atoms with Crippen molar-refractivity contribution in [3.63, 3.8) is 0 Å². The molecule has 1 rings (SSSR count). The number of ether oxygens (including phenoxy) is 1. The third kappa shape index (κ3) is 1.58. The molecule has 0 aliphatic heterocycles. The first-order valence-electron chi connectivity index (χ1n) is 3.69. The van der Waals surface area contributed by atoms with E-state index in [9.17, 15) is 15.2 Å². The molecule has 0 aromatic heterocycles. The summed E-state index contributed by atoms with van der Waals surface area (Å²) >= 11 is 5.71. The van der Waals surface area contributed by atoms with Gasteiger partial charge in [-0.15, -0.1) is 0 Å². The molecule has 0 heterocycles. The van der Waals surface area contributed by atoms with Crippen LogP contribution in [0.5, 0.6) is 11.5 Å². The van der Waals surface area contributed by atoms with Crippen molar-refractivity contribution in [1.29, 1.82) is 0 Å². The maximum Gasteiger partial charge on any atom is 0.312 e. The van der Waals surface area contributed by atoms with Crippen molar-refractivity contribution in [3.05, 3.63) is 26.8 Å². The summed E-state index contributed by atoms with van der Waals surface area (Å²) in [6.45, 7) is 1.49. The molecule has 14 heavy (non-hydrogen) atoms. The number of rotatable bonds is 2. The lowest BCUT2D eigenvalue weighted by Gasteiger charge is -2.08. The van der Waals surface area contributed by atoms with Gasteiger partial charge in [0, 0.05) is 11.6 Å². The van der Waals surface area contributed by atoms with Gasteiger partial charge in [-0.2, -0.15) is 0 Å². The molecule has 0 amide bonds. The second-order valence-electron chi connectivity index (χ2n) is 2.64. The molecular formula is C8H8ClNO4.